The molecule has 0 spiro atoms. The van der Waals surface area contributed by atoms with E-state index in [-0.39, 0.29) is 5.91 Å². The van der Waals surface area contributed by atoms with Crippen LogP contribution in [0.2, 0.25) is 0 Å². The third kappa shape index (κ3) is 5.05. The Balaban J connectivity index is 2.72. The first-order chi connectivity index (χ1) is 9.92. The summed E-state index contributed by atoms with van der Waals surface area (Å²) in [6, 6.07) is 8.47. The molecule has 4 heteroatoms. The largest absolute Gasteiger partial charge is 0.372 e. The smallest absolute Gasteiger partial charge is 0.237 e. The molecule has 0 fully saturated rings. The van der Waals surface area contributed by atoms with Crippen molar-refractivity contribution >= 4 is 11.6 Å². The average molecular weight is 291 g/mol. The van der Waals surface area contributed by atoms with E-state index >= 15 is 0 Å². The topological polar surface area (TPSA) is 58.4 Å². The molecule has 0 aliphatic heterocycles. The molecule has 0 bridgehead atoms. The fourth-order valence-corrected chi connectivity index (χ4v) is 2.28. The van der Waals surface area contributed by atoms with Gasteiger partial charge in [0, 0.05) is 18.8 Å². The minimum atomic E-state index is -0.645. The highest BCUT2D eigenvalue weighted by molar-refractivity contribution is 5.84. The second-order valence-corrected chi connectivity index (χ2v) is 5.79. The van der Waals surface area contributed by atoms with Crippen LogP contribution in [0.1, 0.15) is 39.2 Å². The molecule has 21 heavy (non-hydrogen) atoms. The third-order valence-electron chi connectivity index (χ3n) is 3.97. The van der Waals surface area contributed by atoms with Gasteiger partial charge in [-0.3, -0.25) is 4.79 Å². The van der Waals surface area contributed by atoms with E-state index in [0.29, 0.717) is 6.42 Å². The molecule has 1 rings (SSSR count). The van der Waals surface area contributed by atoms with E-state index in [0.717, 1.165) is 26.1 Å². The molecule has 1 unspecified atom stereocenters. The van der Waals surface area contributed by atoms with Crippen LogP contribution in [0, 0.1) is 6.92 Å². The molecule has 1 atom stereocenters. The van der Waals surface area contributed by atoms with E-state index in [1.165, 1.54) is 11.3 Å². The van der Waals surface area contributed by atoms with Crippen molar-refractivity contribution in [2.75, 3.05) is 24.5 Å². The van der Waals surface area contributed by atoms with Crippen molar-refractivity contribution in [1.29, 1.82) is 0 Å². The molecule has 0 aliphatic rings. The SMILES string of the molecule is CCCNC(C)(CCN(CC)c1ccc(C)cc1)C(N)=O. The minimum Gasteiger partial charge on any atom is -0.372 e. The van der Waals surface area contributed by atoms with Crippen LogP contribution >= 0.6 is 0 Å². The molecule has 0 aliphatic carbocycles. The van der Waals surface area contributed by atoms with Crippen molar-refractivity contribution in [3.8, 4) is 0 Å². The maximum Gasteiger partial charge on any atom is 0.237 e. The Morgan fingerprint density at radius 1 is 1.29 bits per heavy atom. The number of primary amides is 1. The molecule has 1 aromatic carbocycles. The first-order valence-electron chi connectivity index (χ1n) is 7.79. The van der Waals surface area contributed by atoms with Gasteiger partial charge in [0.2, 0.25) is 5.91 Å². The molecule has 1 amide bonds. The van der Waals surface area contributed by atoms with E-state index in [1.54, 1.807) is 0 Å². The van der Waals surface area contributed by atoms with Crippen molar-refractivity contribution in [1.82, 2.24) is 5.32 Å². The summed E-state index contributed by atoms with van der Waals surface area (Å²) in [6.45, 7) is 10.7. The Bertz CT molecular complexity index is 444. The number of anilines is 1. The molecule has 4 nitrogen and oxygen atoms in total. The number of carbonyl (C=O) groups is 1. The number of nitrogens with two attached hydrogens (primary N) is 1. The zero-order valence-corrected chi connectivity index (χ0v) is 13.8. The summed E-state index contributed by atoms with van der Waals surface area (Å²) < 4.78 is 0. The van der Waals surface area contributed by atoms with Gasteiger partial charge in [0.25, 0.3) is 0 Å². The summed E-state index contributed by atoms with van der Waals surface area (Å²) in [7, 11) is 0. The summed E-state index contributed by atoms with van der Waals surface area (Å²) in [5, 5.41) is 3.28. The number of hydrogen-bond donors (Lipinski definition) is 2. The molecule has 0 aromatic heterocycles. The van der Waals surface area contributed by atoms with Gasteiger partial charge in [0.15, 0.2) is 0 Å². The minimum absolute atomic E-state index is 0.282. The van der Waals surface area contributed by atoms with Crippen LogP contribution in [-0.4, -0.2) is 31.1 Å². The zero-order valence-electron chi connectivity index (χ0n) is 13.8. The van der Waals surface area contributed by atoms with Gasteiger partial charge in [-0.25, -0.2) is 0 Å². The Morgan fingerprint density at radius 2 is 1.90 bits per heavy atom. The molecule has 0 heterocycles. The predicted molar refractivity (Wildman–Crippen MR) is 89.6 cm³/mol. The van der Waals surface area contributed by atoms with Crippen LogP contribution in [0.25, 0.3) is 0 Å². The second-order valence-electron chi connectivity index (χ2n) is 5.79. The van der Waals surface area contributed by atoms with Gasteiger partial charge in [0.1, 0.15) is 0 Å². The Kier molecular flexibility index (Phi) is 6.69. The highest BCUT2D eigenvalue weighted by Gasteiger charge is 2.30. The van der Waals surface area contributed by atoms with Gasteiger partial charge < -0.3 is 16.0 Å². The van der Waals surface area contributed by atoms with Crippen LogP contribution < -0.4 is 16.0 Å². The molecule has 0 saturated carbocycles. The average Bonchev–Trinajstić information content (AvgIpc) is 2.47. The predicted octanol–water partition coefficient (Wildman–Crippen LogP) is 2.46. The van der Waals surface area contributed by atoms with Crippen molar-refractivity contribution < 1.29 is 4.79 Å². The quantitative estimate of drug-likeness (QED) is 0.735. The summed E-state index contributed by atoms with van der Waals surface area (Å²) in [5.74, 6) is -0.282. The molecular formula is C17H29N3O. The lowest BCUT2D eigenvalue weighted by Crippen LogP contribution is -2.54. The fourth-order valence-electron chi connectivity index (χ4n) is 2.28. The normalized spacial score (nSPS) is 13.7. The van der Waals surface area contributed by atoms with E-state index in [2.05, 4.69) is 55.3 Å². The van der Waals surface area contributed by atoms with Gasteiger partial charge in [-0.15, -0.1) is 0 Å². The number of nitrogens with zero attached hydrogens (tertiary/aromatic N) is 1. The van der Waals surface area contributed by atoms with Crippen LogP contribution in [0.5, 0.6) is 0 Å². The van der Waals surface area contributed by atoms with Crippen molar-refractivity contribution in [3.05, 3.63) is 29.8 Å². The lowest BCUT2D eigenvalue weighted by atomic mass is 9.96. The van der Waals surface area contributed by atoms with E-state index in [1.807, 2.05) is 6.92 Å². The first-order valence-corrected chi connectivity index (χ1v) is 7.79. The first kappa shape index (κ1) is 17.5. The van der Waals surface area contributed by atoms with E-state index in [9.17, 15) is 4.79 Å². The van der Waals surface area contributed by atoms with Crippen molar-refractivity contribution in [2.24, 2.45) is 5.73 Å². The number of aryl methyl sites for hydroxylation is 1. The Hall–Kier alpha value is -1.55. The summed E-state index contributed by atoms with van der Waals surface area (Å²) in [6.07, 6.45) is 1.68. The number of hydrogen-bond acceptors (Lipinski definition) is 3. The van der Waals surface area contributed by atoms with Crippen LogP contribution in [0.4, 0.5) is 5.69 Å². The Labute approximate surface area is 128 Å². The third-order valence-corrected chi connectivity index (χ3v) is 3.97. The van der Waals surface area contributed by atoms with E-state index < -0.39 is 5.54 Å². The highest BCUT2D eigenvalue weighted by atomic mass is 16.1. The summed E-state index contributed by atoms with van der Waals surface area (Å²) >= 11 is 0. The standard InChI is InChI=1S/C17H29N3O/c1-5-12-19-17(4,16(18)21)11-13-20(6-2)15-9-7-14(3)8-10-15/h7-10,19H,5-6,11-13H2,1-4H3,(H2,18,21). The number of amides is 1. The van der Waals surface area contributed by atoms with Crippen LogP contribution in [0.15, 0.2) is 24.3 Å². The molecule has 0 saturated heterocycles. The lowest BCUT2D eigenvalue weighted by molar-refractivity contribution is -0.124. The molecule has 3 N–H and O–H groups in total. The number of rotatable bonds is 9. The van der Waals surface area contributed by atoms with Gasteiger partial charge in [-0.05, 0) is 52.3 Å². The number of carbonyl (C=O) groups excluding carboxylic acids is 1. The van der Waals surface area contributed by atoms with Gasteiger partial charge in [-0.2, -0.15) is 0 Å². The van der Waals surface area contributed by atoms with Crippen LogP contribution in [0.3, 0.4) is 0 Å². The second kappa shape index (κ2) is 8.03. The molecule has 0 radical (unpaired) electrons. The molecule has 1 aromatic rings. The maximum absolute atomic E-state index is 11.8. The number of benzene rings is 1. The summed E-state index contributed by atoms with van der Waals surface area (Å²) in [5.41, 5.74) is 7.37. The maximum atomic E-state index is 11.8. The summed E-state index contributed by atoms with van der Waals surface area (Å²) in [4.78, 5) is 14.0. The monoisotopic (exact) mass is 291 g/mol. The molecule has 118 valence electrons. The van der Waals surface area contributed by atoms with Gasteiger partial charge in [-0.1, -0.05) is 24.6 Å². The lowest BCUT2D eigenvalue weighted by Gasteiger charge is -2.31. The Morgan fingerprint density at radius 3 is 2.38 bits per heavy atom. The molecular weight excluding hydrogens is 262 g/mol. The van der Waals surface area contributed by atoms with Gasteiger partial charge >= 0.3 is 0 Å². The zero-order chi connectivity index (χ0) is 15.9. The van der Waals surface area contributed by atoms with Crippen LogP contribution in [-0.2, 0) is 4.79 Å². The van der Waals surface area contributed by atoms with E-state index in [4.69, 9.17) is 5.73 Å². The van der Waals surface area contributed by atoms with Crippen molar-refractivity contribution in [3.63, 3.8) is 0 Å². The van der Waals surface area contributed by atoms with Crippen molar-refractivity contribution in [2.45, 2.75) is 46.1 Å². The fraction of sp³-hybridized carbons (Fsp3) is 0.588. The highest BCUT2D eigenvalue weighted by Crippen LogP contribution is 2.18. The number of nitrogens with one attached hydrogen (secondary N) is 1. The van der Waals surface area contributed by atoms with Gasteiger partial charge in [0.05, 0.1) is 5.54 Å².